The third kappa shape index (κ3) is 9.04. The Morgan fingerprint density at radius 2 is 1.92 bits per heavy atom. The van der Waals surface area contributed by atoms with Crippen LogP contribution in [0.1, 0.15) is 66.7 Å². The molecular formula is C28H41NO9. The maximum Gasteiger partial charge on any atom is 0.308 e. The van der Waals surface area contributed by atoms with Crippen molar-refractivity contribution in [3.63, 3.8) is 0 Å². The number of rotatable bonds is 10. The Morgan fingerprint density at radius 3 is 2.55 bits per heavy atom. The highest BCUT2D eigenvalue weighted by Crippen LogP contribution is 2.46. The molecule has 0 radical (unpaired) electrons. The van der Waals surface area contributed by atoms with Gasteiger partial charge in [0.25, 0.3) is 0 Å². The number of aliphatic carboxylic acids is 1. The number of hydrogen-bond acceptors (Lipinski definition) is 8. The summed E-state index contributed by atoms with van der Waals surface area (Å²) < 4.78 is 22.5. The maximum absolute atomic E-state index is 12.3. The molecule has 3 fully saturated rings. The van der Waals surface area contributed by atoms with E-state index < -0.39 is 42.0 Å². The fraction of sp³-hybridized carbons (Fsp3) is 0.679. The van der Waals surface area contributed by atoms with E-state index in [1.54, 1.807) is 13.0 Å². The molecule has 3 aliphatic heterocycles. The van der Waals surface area contributed by atoms with Crippen molar-refractivity contribution in [3.8, 4) is 0 Å². The van der Waals surface area contributed by atoms with Crippen molar-refractivity contribution in [2.24, 2.45) is 5.92 Å². The second kappa shape index (κ2) is 12.5. The van der Waals surface area contributed by atoms with E-state index in [-0.39, 0.29) is 36.5 Å². The Hall–Kier alpha value is -2.53. The van der Waals surface area contributed by atoms with Gasteiger partial charge in [0.2, 0.25) is 5.91 Å². The molecule has 3 rings (SSSR count). The molecule has 0 aromatic carbocycles. The van der Waals surface area contributed by atoms with Gasteiger partial charge in [-0.15, -0.1) is 0 Å². The molecule has 1 amide bonds. The zero-order valence-electron chi connectivity index (χ0n) is 22.8. The van der Waals surface area contributed by atoms with E-state index >= 15 is 0 Å². The first-order chi connectivity index (χ1) is 17.8. The summed E-state index contributed by atoms with van der Waals surface area (Å²) in [5, 5.41) is 22.8. The van der Waals surface area contributed by atoms with Crippen LogP contribution in [0.15, 0.2) is 36.0 Å². The Morgan fingerprint density at radius 1 is 1.21 bits per heavy atom. The lowest BCUT2D eigenvalue weighted by Crippen LogP contribution is -2.50. The van der Waals surface area contributed by atoms with Crippen LogP contribution in [0, 0.1) is 5.92 Å². The van der Waals surface area contributed by atoms with E-state index in [1.165, 1.54) is 13.0 Å². The highest BCUT2D eigenvalue weighted by Gasteiger charge is 2.57. The molecule has 0 aromatic rings. The van der Waals surface area contributed by atoms with Crippen molar-refractivity contribution in [2.45, 2.75) is 109 Å². The van der Waals surface area contributed by atoms with Crippen LogP contribution in [-0.2, 0) is 33.3 Å². The summed E-state index contributed by atoms with van der Waals surface area (Å²) in [6, 6.07) is -0.127. The van der Waals surface area contributed by atoms with Crippen molar-refractivity contribution in [3.05, 3.63) is 36.0 Å². The van der Waals surface area contributed by atoms with E-state index in [2.05, 4.69) is 18.3 Å². The Balaban J connectivity index is 1.49. The molecule has 38 heavy (non-hydrogen) atoms. The van der Waals surface area contributed by atoms with Crippen LogP contribution in [0.5, 0.6) is 0 Å². The minimum absolute atomic E-state index is 0.00393. The SMILES string of the molecule is CC(=O)OC(C)/C=C\C(=O)N[C@@H]1C[C@H](C)C(C/C=C(C)/C=C/[C@@H]2CC3(CO3)CC(O)(CC(=O)O)O2)O[C@@H]1C. The van der Waals surface area contributed by atoms with Crippen molar-refractivity contribution in [2.75, 3.05) is 6.61 Å². The molecule has 0 saturated carbocycles. The third-order valence-electron chi connectivity index (χ3n) is 7.18. The number of epoxide rings is 1. The first-order valence-corrected chi connectivity index (χ1v) is 13.2. The second-order valence-electron chi connectivity index (χ2n) is 10.9. The van der Waals surface area contributed by atoms with Crippen LogP contribution in [0.4, 0.5) is 0 Å². The Kier molecular flexibility index (Phi) is 9.91. The van der Waals surface area contributed by atoms with Gasteiger partial charge in [0, 0.05) is 25.8 Å². The summed E-state index contributed by atoms with van der Waals surface area (Å²) in [7, 11) is 0. The van der Waals surface area contributed by atoms with Gasteiger partial charge in [-0.25, -0.2) is 0 Å². The standard InChI is InChI=1S/C28H41NO9/c1-17(6-9-22-13-27(16-35-27)15-28(34,38-22)14-26(32)33)7-10-24-18(2)12-23(20(4)37-24)29-25(31)11-8-19(3)36-21(5)30/h6-9,11,18-20,22-24,34H,10,12-16H2,1-5H3,(H,29,31)(H,32,33)/b9-6+,11-8-,17-7+/t18-,19?,20+,22+,23+,24?,27?,28?/m0/s1. The molecule has 0 aromatic heterocycles. The van der Waals surface area contributed by atoms with Crippen LogP contribution in [-0.4, -0.2) is 76.5 Å². The van der Waals surface area contributed by atoms with Crippen LogP contribution in [0.25, 0.3) is 0 Å². The number of carboxylic acids is 1. The molecule has 3 N–H and O–H groups in total. The summed E-state index contributed by atoms with van der Waals surface area (Å²) >= 11 is 0. The fourth-order valence-electron chi connectivity index (χ4n) is 5.17. The number of carbonyl (C=O) groups is 3. The summed E-state index contributed by atoms with van der Waals surface area (Å²) in [5.74, 6) is -3.30. The van der Waals surface area contributed by atoms with E-state index in [0.717, 1.165) is 12.0 Å². The molecular weight excluding hydrogens is 494 g/mol. The zero-order valence-corrected chi connectivity index (χ0v) is 22.8. The lowest BCUT2D eigenvalue weighted by molar-refractivity contribution is -0.259. The number of hydrogen-bond donors (Lipinski definition) is 3. The summed E-state index contributed by atoms with van der Waals surface area (Å²) in [5.41, 5.74) is 0.497. The van der Waals surface area contributed by atoms with Crippen LogP contribution >= 0.6 is 0 Å². The Labute approximate surface area is 224 Å². The van der Waals surface area contributed by atoms with Gasteiger partial charge >= 0.3 is 11.9 Å². The highest BCUT2D eigenvalue weighted by atomic mass is 16.7. The average Bonchev–Trinajstić information content (AvgIpc) is 3.53. The minimum atomic E-state index is -1.74. The van der Waals surface area contributed by atoms with Gasteiger partial charge < -0.3 is 34.5 Å². The van der Waals surface area contributed by atoms with Gasteiger partial charge in [0.05, 0.1) is 43.0 Å². The normalized spacial score (nSPS) is 36.4. The topological polar surface area (TPSA) is 144 Å². The maximum atomic E-state index is 12.3. The second-order valence-corrected chi connectivity index (χ2v) is 10.9. The van der Waals surface area contributed by atoms with E-state index in [0.29, 0.717) is 19.4 Å². The molecule has 3 saturated heterocycles. The molecule has 0 aliphatic carbocycles. The van der Waals surface area contributed by atoms with Gasteiger partial charge in [0.1, 0.15) is 6.10 Å². The molecule has 10 nitrogen and oxygen atoms in total. The summed E-state index contributed by atoms with van der Waals surface area (Å²) in [6.07, 6.45) is 9.38. The van der Waals surface area contributed by atoms with Crippen molar-refractivity contribution < 1.29 is 43.5 Å². The quantitative estimate of drug-likeness (QED) is 0.166. The number of amides is 1. The third-order valence-corrected chi connectivity index (χ3v) is 7.18. The molecule has 0 bridgehead atoms. The molecule has 3 heterocycles. The van der Waals surface area contributed by atoms with E-state index in [9.17, 15) is 19.5 Å². The van der Waals surface area contributed by atoms with Gasteiger partial charge in [-0.05, 0) is 45.6 Å². The van der Waals surface area contributed by atoms with E-state index in [1.807, 2.05) is 26.0 Å². The number of ether oxygens (including phenoxy) is 4. The molecule has 8 atom stereocenters. The van der Waals surface area contributed by atoms with Crippen LogP contribution in [0.2, 0.25) is 0 Å². The van der Waals surface area contributed by atoms with Gasteiger partial charge in [-0.1, -0.05) is 30.7 Å². The van der Waals surface area contributed by atoms with Crippen molar-refractivity contribution in [1.82, 2.24) is 5.32 Å². The number of aliphatic hydroxyl groups is 1. The van der Waals surface area contributed by atoms with Crippen molar-refractivity contribution in [1.29, 1.82) is 0 Å². The van der Waals surface area contributed by atoms with Crippen LogP contribution < -0.4 is 5.32 Å². The lowest BCUT2D eigenvalue weighted by atomic mass is 9.87. The zero-order chi connectivity index (χ0) is 28.1. The highest BCUT2D eigenvalue weighted by molar-refractivity contribution is 5.87. The van der Waals surface area contributed by atoms with Crippen molar-refractivity contribution >= 4 is 17.8 Å². The number of esters is 1. The predicted octanol–water partition coefficient (Wildman–Crippen LogP) is 2.80. The summed E-state index contributed by atoms with van der Waals surface area (Å²) in [4.78, 5) is 34.5. The first kappa shape index (κ1) is 30.0. The summed E-state index contributed by atoms with van der Waals surface area (Å²) in [6.45, 7) is 9.52. The smallest absolute Gasteiger partial charge is 0.308 e. The predicted molar refractivity (Wildman–Crippen MR) is 138 cm³/mol. The number of carboxylic acid groups (broad SMARTS) is 1. The largest absolute Gasteiger partial charge is 0.481 e. The molecule has 3 aliphatic rings. The first-order valence-electron chi connectivity index (χ1n) is 13.2. The molecule has 4 unspecified atom stereocenters. The van der Waals surface area contributed by atoms with Gasteiger partial charge in [-0.2, -0.15) is 0 Å². The number of carbonyl (C=O) groups excluding carboxylic acids is 2. The lowest BCUT2D eigenvalue weighted by Gasteiger charge is -2.39. The fourth-order valence-corrected chi connectivity index (χ4v) is 5.17. The number of allylic oxidation sites excluding steroid dienone is 2. The molecule has 10 heteroatoms. The molecule has 1 spiro atoms. The number of nitrogens with one attached hydrogen (secondary N) is 1. The average molecular weight is 536 g/mol. The monoisotopic (exact) mass is 535 g/mol. The van der Waals surface area contributed by atoms with Crippen LogP contribution in [0.3, 0.4) is 0 Å². The molecule has 212 valence electrons. The Bertz CT molecular complexity index is 969. The van der Waals surface area contributed by atoms with E-state index in [4.69, 9.17) is 24.1 Å². The van der Waals surface area contributed by atoms with Gasteiger partial charge in [-0.3, -0.25) is 14.4 Å². The van der Waals surface area contributed by atoms with Gasteiger partial charge in [0.15, 0.2) is 5.79 Å². The minimum Gasteiger partial charge on any atom is -0.481 e.